The van der Waals surface area contributed by atoms with E-state index in [2.05, 4.69) is 63.5 Å². The van der Waals surface area contributed by atoms with Crippen molar-refractivity contribution < 1.29 is 9.84 Å². The fourth-order valence-electron chi connectivity index (χ4n) is 4.42. The fourth-order valence-corrected chi connectivity index (χ4v) is 4.42. The molecular weight excluding hydrogens is 529 g/mol. The normalized spacial score (nSPS) is 20.7. The average molecular weight is 574 g/mol. The molecule has 0 aromatic heterocycles. The second-order valence-electron chi connectivity index (χ2n) is 9.67. The highest BCUT2D eigenvalue weighted by molar-refractivity contribution is 14.0. The first-order valence-corrected chi connectivity index (χ1v) is 12.3. The summed E-state index contributed by atoms with van der Waals surface area (Å²) in [6, 6.07) is 8.89. The number of nitrogens with zero attached hydrogens (tertiary/aromatic N) is 3. The molecule has 2 heterocycles. The maximum Gasteiger partial charge on any atom is 0.191 e. The second-order valence-corrected chi connectivity index (χ2v) is 9.67. The minimum absolute atomic E-state index is 0. The molecule has 8 heteroatoms. The molecule has 188 valence electrons. The molecule has 0 aliphatic carbocycles. The fraction of sp³-hybridized carbons (Fsp3) is 0.720. The summed E-state index contributed by atoms with van der Waals surface area (Å²) in [5.41, 5.74) is 1.87. The standard InChI is InChI=1S/C25H43N5O2.HI/c1-4-26-24(28-19-25(3,31)20-30-13-15-32-16-14-30)27-17-22-9-11-29(12-10-22)18-23-7-5-21(2)6-8-23;/h5-8,22,31H,4,9-20H2,1-3H3,(H2,26,27,28);1H. The number of ether oxygens (including phenoxy) is 1. The third-order valence-corrected chi connectivity index (χ3v) is 6.38. The Morgan fingerprint density at radius 2 is 1.76 bits per heavy atom. The Kier molecular flexibility index (Phi) is 12.4. The summed E-state index contributed by atoms with van der Waals surface area (Å²) >= 11 is 0. The van der Waals surface area contributed by atoms with Crippen molar-refractivity contribution in [1.29, 1.82) is 0 Å². The van der Waals surface area contributed by atoms with Crippen LogP contribution < -0.4 is 10.6 Å². The van der Waals surface area contributed by atoms with Crippen molar-refractivity contribution in [2.24, 2.45) is 10.9 Å². The van der Waals surface area contributed by atoms with E-state index in [1.807, 2.05) is 6.92 Å². The highest BCUT2D eigenvalue weighted by Crippen LogP contribution is 2.18. The third kappa shape index (κ3) is 10.5. The van der Waals surface area contributed by atoms with E-state index in [9.17, 15) is 5.11 Å². The maximum atomic E-state index is 10.8. The lowest BCUT2D eigenvalue weighted by atomic mass is 9.96. The number of halogens is 1. The van der Waals surface area contributed by atoms with Gasteiger partial charge in [0, 0.05) is 39.3 Å². The number of hydrogen-bond acceptors (Lipinski definition) is 5. The van der Waals surface area contributed by atoms with Crippen molar-refractivity contribution in [2.45, 2.75) is 45.8 Å². The number of likely N-dealkylation sites (tertiary alicyclic amines) is 1. The second kappa shape index (κ2) is 14.5. The number of nitrogens with one attached hydrogen (secondary N) is 2. The average Bonchev–Trinajstić information content (AvgIpc) is 2.79. The third-order valence-electron chi connectivity index (χ3n) is 6.38. The van der Waals surface area contributed by atoms with E-state index in [0.29, 0.717) is 19.0 Å². The SMILES string of the molecule is CCNC(=NCC(C)(O)CN1CCOCC1)NCC1CCN(Cc2ccc(C)cc2)CC1.I. The molecule has 0 radical (unpaired) electrons. The lowest BCUT2D eigenvalue weighted by Gasteiger charge is -2.33. The van der Waals surface area contributed by atoms with Crippen molar-refractivity contribution in [2.75, 3.05) is 65.6 Å². The highest BCUT2D eigenvalue weighted by atomic mass is 127. The van der Waals surface area contributed by atoms with Crippen molar-refractivity contribution in [3.05, 3.63) is 35.4 Å². The highest BCUT2D eigenvalue weighted by Gasteiger charge is 2.25. The monoisotopic (exact) mass is 573 g/mol. The molecule has 2 saturated heterocycles. The number of hydrogen-bond donors (Lipinski definition) is 3. The maximum absolute atomic E-state index is 10.8. The molecule has 1 aromatic carbocycles. The summed E-state index contributed by atoms with van der Waals surface area (Å²) in [4.78, 5) is 9.50. The van der Waals surface area contributed by atoms with Crippen LogP contribution in [0.25, 0.3) is 0 Å². The van der Waals surface area contributed by atoms with Gasteiger partial charge in [-0.25, -0.2) is 0 Å². The zero-order chi connectivity index (χ0) is 22.8. The van der Waals surface area contributed by atoms with Crippen LogP contribution in [0.3, 0.4) is 0 Å². The van der Waals surface area contributed by atoms with Crippen molar-refractivity contribution in [3.63, 3.8) is 0 Å². The number of aryl methyl sites for hydroxylation is 1. The predicted octanol–water partition coefficient (Wildman–Crippen LogP) is 2.46. The Balaban J connectivity index is 0.00000385. The first-order valence-electron chi connectivity index (χ1n) is 12.3. The summed E-state index contributed by atoms with van der Waals surface area (Å²) in [7, 11) is 0. The van der Waals surface area contributed by atoms with E-state index in [-0.39, 0.29) is 24.0 Å². The molecular formula is C25H44IN5O2. The molecule has 2 fully saturated rings. The molecule has 7 nitrogen and oxygen atoms in total. The van der Waals surface area contributed by atoms with Crippen molar-refractivity contribution >= 4 is 29.9 Å². The Morgan fingerprint density at radius 1 is 1.09 bits per heavy atom. The van der Waals surface area contributed by atoms with Gasteiger partial charge in [-0.15, -0.1) is 24.0 Å². The minimum Gasteiger partial charge on any atom is -0.387 e. The van der Waals surface area contributed by atoms with Crippen LogP contribution in [0.5, 0.6) is 0 Å². The summed E-state index contributed by atoms with van der Waals surface area (Å²) in [6.45, 7) is 15.4. The van der Waals surface area contributed by atoms with Gasteiger partial charge in [-0.2, -0.15) is 0 Å². The van der Waals surface area contributed by atoms with Crippen LogP contribution in [0, 0.1) is 12.8 Å². The molecule has 3 N–H and O–H groups in total. The van der Waals surface area contributed by atoms with Gasteiger partial charge in [0.15, 0.2) is 5.96 Å². The van der Waals surface area contributed by atoms with Crippen LogP contribution in [0.15, 0.2) is 29.3 Å². The summed E-state index contributed by atoms with van der Waals surface area (Å²) in [5, 5.41) is 17.7. The first kappa shape index (κ1) is 28.3. The lowest BCUT2D eigenvalue weighted by molar-refractivity contribution is -0.0180. The zero-order valence-electron chi connectivity index (χ0n) is 20.7. The first-order chi connectivity index (χ1) is 15.4. The van der Waals surface area contributed by atoms with Gasteiger partial charge in [-0.05, 0) is 58.2 Å². The summed E-state index contributed by atoms with van der Waals surface area (Å²) in [6.07, 6.45) is 2.40. The van der Waals surface area contributed by atoms with Crippen LogP contribution >= 0.6 is 24.0 Å². The molecule has 1 unspecified atom stereocenters. The van der Waals surface area contributed by atoms with E-state index < -0.39 is 5.60 Å². The van der Waals surface area contributed by atoms with E-state index in [1.165, 1.54) is 24.0 Å². The van der Waals surface area contributed by atoms with Crippen molar-refractivity contribution in [1.82, 2.24) is 20.4 Å². The molecule has 1 aromatic rings. The van der Waals surface area contributed by atoms with Gasteiger partial charge in [0.2, 0.25) is 0 Å². The minimum atomic E-state index is -0.846. The van der Waals surface area contributed by atoms with Gasteiger partial charge in [0.25, 0.3) is 0 Å². The Morgan fingerprint density at radius 3 is 2.39 bits per heavy atom. The number of morpholine rings is 1. The number of guanidine groups is 1. The molecule has 0 bridgehead atoms. The summed E-state index contributed by atoms with van der Waals surface area (Å²) in [5.74, 6) is 1.46. The number of aliphatic hydroxyl groups is 1. The lowest BCUT2D eigenvalue weighted by Crippen LogP contribution is -2.48. The van der Waals surface area contributed by atoms with Crippen LogP contribution in [0.2, 0.25) is 0 Å². The molecule has 3 rings (SSSR count). The quantitative estimate of drug-likeness (QED) is 0.240. The number of rotatable bonds is 9. The van der Waals surface area contributed by atoms with Gasteiger partial charge in [-0.1, -0.05) is 29.8 Å². The molecule has 0 saturated carbocycles. The molecule has 2 aliphatic heterocycles. The van der Waals surface area contributed by atoms with Crippen molar-refractivity contribution in [3.8, 4) is 0 Å². The Bertz CT molecular complexity index is 699. The Hall–Kier alpha value is -0.940. The van der Waals surface area contributed by atoms with Gasteiger partial charge in [0.05, 0.1) is 25.4 Å². The van der Waals surface area contributed by atoms with Gasteiger partial charge in [-0.3, -0.25) is 14.8 Å². The summed E-state index contributed by atoms with van der Waals surface area (Å²) < 4.78 is 5.40. The number of piperidine rings is 1. The predicted molar refractivity (Wildman–Crippen MR) is 146 cm³/mol. The number of β-amino-alcohol motifs (C(OH)–C–C–N with tert-alkyl or cyclic N) is 1. The van der Waals surface area contributed by atoms with Crippen LogP contribution in [-0.4, -0.2) is 92.0 Å². The van der Waals surface area contributed by atoms with Gasteiger partial charge in [0.1, 0.15) is 0 Å². The number of benzene rings is 1. The topological polar surface area (TPSA) is 72.4 Å². The molecule has 0 spiro atoms. The molecule has 2 aliphatic rings. The Labute approximate surface area is 217 Å². The largest absolute Gasteiger partial charge is 0.387 e. The molecule has 0 amide bonds. The van der Waals surface area contributed by atoms with E-state index >= 15 is 0 Å². The van der Waals surface area contributed by atoms with E-state index in [4.69, 9.17) is 4.74 Å². The smallest absolute Gasteiger partial charge is 0.191 e. The van der Waals surface area contributed by atoms with Crippen LogP contribution in [-0.2, 0) is 11.3 Å². The van der Waals surface area contributed by atoms with Gasteiger partial charge < -0.3 is 20.5 Å². The zero-order valence-corrected chi connectivity index (χ0v) is 23.0. The van der Waals surface area contributed by atoms with E-state index in [1.54, 1.807) is 0 Å². The van der Waals surface area contributed by atoms with Gasteiger partial charge >= 0.3 is 0 Å². The molecule has 33 heavy (non-hydrogen) atoms. The van der Waals surface area contributed by atoms with Crippen LogP contribution in [0.4, 0.5) is 0 Å². The molecule has 1 atom stereocenters. The number of aliphatic imine (C=N–C) groups is 1. The van der Waals surface area contributed by atoms with Crippen LogP contribution in [0.1, 0.15) is 37.8 Å². The van der Waals surface area contributed by atoms with E-state index in [0.717, 1.165) is 65.0 Å².